The SMILES string of the molecule is CCOC(=O)c1ccccc1NC(=O)CN1C(=O)CC(c2ccc(C)cc2)=Nc2ccccc21. The Bertz CT molecular complexity index is 1260. The Labute approximate surface area is 198 Å². The van der Waals surface area contributed by atoms with Gasteiger partial charge in [0.25, 0.3) is 0 Å². The molecule has 0 radical (unpaired) electrons. The third-order valence-electron chi connectivity index (χ3n) is 5.43. The molecule has 0 aromatic heterocycles. The van der Waals surface area contributed by atoms with Gasteiger partial charge in [-0.25, -0.2) is 4.79 Å². The lowest BCUT2D eigenvalue weighted by Crippen LogP contribution is -2.38. The van der Waals surface area contributed by atoms with Crippen LogP contribution in [0.5, 0.6) is 0 Å². The van der Waals surface area contributed by atoms with Crippen molar-refractivity contribution in [1.82, 2.24) is 0 Å². The second-order valence-electron chi connectivity index (χ2n) is 7.88. The zero-order valence-electron chi connectivity index (χ0n) is 19.1. The van der Waals surface area contributed by atoms with E-state index in [9.17, 15) is 14.4 Å². The molecule has 0 atom stereocenters. The third kappa shape index (κ3) is 5.04. The summed E-state index contributed by atoms with van der Waals surface area (Å²) in [5, 5.41) is 2.75. The summed E-state index contributed by atoms with van der Waals surface area (Å²) < 4.78 is 5.07. The van der Waals surface area contributed by atoms with Gasteiger partial charge in [-0.2, -0.15) is 0 Å². The maximum Gasteiger partial charge on any atom is 0.340 e. The highest BCUT2D eigenvalue weighted by molar-refractivity contribution is 6.19. The zero-order valence-corrected chi connectivity index (χ0v) is 19.1. The Hall–Kier alpha value is -4.26. The molecule has 0 saturated heterocycles. The highest BCUT2D eigenvalue weighted by Gasteiger charge is 2.27. The number of hydrogen-bond acceptors (Lipinski definition) is 5. The fourth-order valence-corrected chi connectivity index (χ4v) is 3.74. The number of rotatable bonds is 6. The molecule has 1 heterocycles. The Balaban J connectivity index is 1.58. The number of carbonyl (C=O) groups excluding carboxylic acids is 3. The normalized spacial score (nSPS) is 12.9. The lowest BCUT2D eigenvalue weighted by atomic mass is 10.1. The molecule has 1 aliphatic rings. The van der Waals surface area contributed by atoms with E-state index in [1.807, 2.05) is 43.3 Å². The number of fused-ring (bicyclic) bond motifs is 1. The molecule has 0 spiro atoms. The van der Waals surface area contributed by atoms with E-state index >= 15 is 0 Å². The first-order valence-corrected chi connectivity index (χ1v) is 11.1. The molecule has 1 N–H and O–H groups in total. The number of esters is 1. The van der Waals surface area contributed by atoms with E-state index in [2.05, 4.69) is 5.32 Å². The van der Waals surface area contributed by atoms with Gasteiger partial charge in [-0.05, 0) is 43.7 Å². The lowest BCUT2D eigenvalue weighted by Gasteiger charge is -2.22. The smallest absolute Gasteiger partial charge is 0.340 e. The summed E-state index contributed by atoms with van der Waals surface area (Å²) in [7, 11) is 0. The first-order chi connectivity index (χ1) is 16.5. The monoisotopic (exact) mass is 455 g/mol. The highest BCUT2D eigenvalue weighted by atomic mass is 16.5. The summed E-state index contributed by atoms with van der Waals surface area (Å²) in [6.07, 6.45) is 0.0600. The van der Waals surface area contributed by atoms with Crippen molar-refractivity contribution >= 4 is 40.6 Å². The number of carbonyl (C=O) groups is 3. The molecule has 4 rings (SSSR count). The van der Waals surface area contributed by atoms with Crippen LogP contribution in [0.2, 0.25) is 0 Å². The van der Waals surface area contributed by atoms with Gasteiger partial charge in [0.15, 0.2) is 0 Å². The number of ether oxygens (including phenoxy) is 1. The van der Waals surface area contributed by atoms with E-state index in [1.54, 1.807) is 43.3 Å². The van der Waals surface area contributed by atoms with Crippen LogP contribution in [0.25, 0.3) is 0 Å². The van der Waals surface area contributed by atoms with Crippen LogP contribution in [-0.2, 0) is 14.3 Å². The summed E-state index contributed by atoms with van der Waals surface area (Å²) in [6, 6.07) is 21.7. The Kier molecular flexibility index (Phi) is 6.82. The van der Waals surface area contributed by atoms with Crippen molar-refractivity contribution in [2.45, 2.75) is 20.3 Å². The summed E-state index contributed by atoms with van der Waals surface area (Å²) >= 11 is 0. The number of para-hydroxylation sites is 3. The van der Waals surface area contributed by atoms with Crippen molar-refractivity contribution in [3.8, 4) is 0 Å². The van der Waals surface area contributed by atoms with E-state index in [0.29, 0.717) is 22.8 Å². The number of nitrogens with zero attached hydrogens (tertiary/aromatic N) is 2. The Morgan fingerprint density at radius 3 is 2.47 bits per heavy atom. The topological polar surface area (TPSA) is 88.1 Å². The first kappa shape index (κ1) is 22.9. The molecule has 7 nitrogen and oxygen atoms in total. The summed E-state index contributed by atoms with van der Waals surface area (Å²) in [4.78, 5) is 44.7. The first-order valence-electron chi connectivity index (χ1n) is 11.1. The highest BCUT2D eigenvalue weighted by Crippen LogP contribution is 2.33. The fraction of sp³-hybridized carbons (Fsp3) is 0.185. The Morgan fingerprint density at radius 2 is 1.71 bits per heavy atom. The van der Waals surface area contributed by atoms with Crippen LogP contribution in [0.15, 0.2) is 77.8 Å². The molecule has 0 fully saturated rings. The van der Waals surface area contributed by atoms with Gasteiger partial charge >= 0.3 is 5.97 Å². The number of anilines is 2. The van der Waals surface area contributed by atoms with Gasteiger partial charge in [-0.3, -0.25) is 14.6 Å². The van der Waals surface area contributed by atoms with Crippen molar-refractivity contribution in [3.05, 3.63) is 89.5 Å². The minimum absolute atomic E-state index is 0.0600. The summed E-state index contributed by atoms with van der Waals surface area (Å²) in [5.41, 5.74) is 4.39. The van der Waals surface area contributed by atoms with E-state index < -0.39 is 11.9 Å². The maximum atomic E-state index is 13.3. The van der Waals surface area contributed by atoms with Crippen molar-refractivity contribution in [2.75, 3.05) is 23.4 Å². The molecule has 0 bridgehead atoms. The van der Waals surface area contributed by atoms with Crippen LogP contribution < -0.4 is 10.2 Å². The van der Waals surface area contributed by atoms with Crippen LogP contribution in [0.3, 0.4) is 0 Å². The van der Waals surface area contributed by atoms with Gasteiger partial charge in [0.2, 0.25) is 11.8 Å². The van der Waals surface area contributed by atoms with E-state index in [-0.39, 0.29) is 31.0 Å². The number of benzene rings is 3. The number of nitrogens with one attached hydrogen (secondary N) is 1. The standard InChI is InChI=1S/C27H25N3O4/c1-3-34-27(33)20-8-4-5-9-21(20)29-25(31)17-30-24-11-7-6-10-22(24)28-23(16-26(30)32)19-14-12-18(2)13-15-19/h4-15H,3,16-17H2,1-2H3,(H,29,31). The molecule has 7 heteroatoms. The predicted molar refractivity (Wildman–Crippen MR) is 132 cm³/mol. The molecule has 0 saturated carbocycles. The second-order valence-corrected chi connectivity index (χ2v) is 7.88. The van der Waals surface area contributed by atoms with E-state index in [0.717, 1.165) is 11.1 Å². The van der Waals surface area contributed by atoms with Gasteiger partial charge in [0.1, 0.15) is 6.54 Å². The van der Waals surface area contributed by atoms with E-state index in [1.165, 1.54) is 4.90 Å². The third-order valence-corrected chi connectivity index (χ3v) is 5.43. The van der Waals surface area contributed by atoms with Crippen molar-refractivity contribution in [1.29, 1.82) is 0 Å². The number of hydrogen-bond donors (Lipinski definition) is 1. The lowest BCUT2D eigenvalue weighted by molar-refractivity contribution is -0.120. The van der Waals surface area contributed by atoms with Crippen molar-refractivity contribution < 1.29 is 19.1 Å². The largest absolute Gasteiger partial charge is 0.462 e. The molecule has 1 aliphatic heterocycles. The molecule has 172 valence electrons. The van der Waals surface area contributed by atoms with Crippen LogP contribution in [0.4, 0.5) is 17.1 Å². The molecule has 0 unspecified atom stereocenters. The number of aryl methyl sites for hydroxylation is 1. The van der Waals surface area contributed by atoms with Crippen LogP contribution in [0.1, 0.15) is 34.8 Å². The van der Waals surface area contributed by atoms with Crippen LogP contribution in [-0.4, -0.2) is 36.6 Å². The average Bonchev–Trinajstić information content (AvgIpc) is 2.96. The second kappa shape index (κ2) is 10.1. The van der Waals surface area contributed by atoms with Gasteiger partial charge < -0.3 is 15.0 Å². The summed E-state index contributed by atoms with van der Waals surface area (Å²) in [6.45, 7) is 3.72. The number of aliphatic imine (C=N–C) groups is 1. The summed E-state index contributed by atoms with van der Waals surface area (Å²) in [5.74, 6) is -1.19. The van der Waals surface area contributed by atoms with Crippen molar-refractivity contribution in [3.63, 3.8) is 0 Å². The fourth-order valence-electron chi connectivity index (χ4n) is 3.74. The van der Waals surface area contributed by atoms with Gasteiger partial charge in [-0.15, -0.1) is 0 Å². The average molecular weight is 456 g/mol. The maximum absolute atomic E-state index is 13.3. The molecule has 34 heavy (non-hydrogen) atoms. The molecule has 2 amide bonds. The molecule has 3 aromatic carbocycles. The van der Waals surface area contributed by atoms with Gasteiger partial charge in [-0.1, -0.05) is 54.1 Å². The minimum atomic E-state index is -0.522. The molecule has 3 aromatic rings. The van der Waals surface area contributed by atoms with E-state index in [4.69, 9.17) is 9.73 Å². The minimum Gasteiger partial charge on any atom is -0.462 e. The van der Waals surface area contributed by atoms with Gasteiger partial charge in [0, 0.05) is 0 Å². The van der Waals surface area contributed by atoms with Crippen molar-refractivity contribution in [2.24, 2.45) is 4.99 Å². The quantitative estimate of drug-likeness (QED) is 0.547. The van der Waals surface area contributed by atoms with Crippen LogP contribution in [0, 0.1) is 6.92 Å². The zero-order chi connectivity index (χ0) is 24.1. The predicted octanol–water partition coefficient (Wildman–Crippen LogP) is 4.67. The number of amides is 2. The molecule has 0 aliphatic carbocycles. The van der Waals surface area contributed by atoms with Gasteiger partial charge in [0.05, 0.1) is 41.4 Å². The molecular weight excluding hydrogens is 430 g/mol. The Morgan fingerprint density at radius 1 is 1.00 bits per heavy atom. The van der Waals surface area contributed by atoms with Crippen LogP contribution >= 0.6 is 0 Å². The molecular formula is C27H25N3O4.